The number of carbonyl (C=O) groups is 2. The van der Waals surface area contributed by atoms with E-state index in [9.17, 15) is 9.59 Å². The zero-order valence-corrected chi connectivity index (χ0v) is 15.2. The van der Waals surface area contributed by atoms with Gasteiger partial charge in [-0.3, -0.25) is 4.79 Å². The summed E-state index contributed by atoms with van der Waals surface area (Å²) in [5.74, 6) is -0.200. The highest BCUT2D eigenvalue weighted by atomic mass is 32.1. The molecule has 1 aromatic heterocycles. The van der Waals surface area contributed by atoms with Crippen LogP contribution in [0.3, 0.4) is 0 Å². The predicted molar refractivity (Wildman–Crippen MR) is 104 cm³/mol. The van der Waals surface area contributed by atoms with Crippen LogP contribution in [0.5, 0.6) is 0 Å². The highest BCUT2D eigenvalue weighted by molar-refractivity contribution is 7.18. The molecule has 138 valence electrons. The van der Waals surface area contributed by atoms with Gasteiger partial charge < -0.3 is 27.4 Å². The van der Waals surface area contributed by atoms with Gasteiger partial charge in [-0.25, -0.2) is 4.79 Å². The Morgan fingerprint density at radius 1 is 1.31 bits per heavy atom. The fraction of sp³-hybridized carbons (Fsp3) is 0.333. The summed E-state index contributed by atoms with van der Waals surface area (Å²) in [5, 5.41) is 8.86. The molecule has 1 saturated heterocycles. The average molecular weight is 373 g/mol. The minimum absolute atomic E-state index is 0.0868. The molecule has 7 nitrogen and oxygen atoms in total. The van der Waals surface area contributed by atoms with Crippen LogP contribution in [0, 0.1) is 0 Å². The second-order valence-electron chi connectivity index (χ2n) is 6.26. The molecule has 2 heterocycles. The van der Waals surface area contributed by atoms with Crippen LogP contribution >= 0.6 is 11.3 Å². The molecule has 3 amide bonds. The first-order valence-electron chi connectivity index (χ1n) is 8.58. The Morgan fingerprint density at radius 3 is 2.85 bits per heavy atom. The SMILES string of the molecule is NCc1cccc(-c2cc(NC(N)=O)c(C(=O)N[C@H]3CCCNC3)s2)c1. The van der Waals surface area contributed by atoms with E-state index in [1.54, 1.807) is 6.07 Å². The van der Waals surface area contributed by atoms with Crippen LogP contribution in [-0.2, 0) is 6.54 Å². The molecule has 8 heteroatoms. The van der Waals surface area contributed by atoms with Crippen molar-refractivity contribution in [2.75, 3.05) is 18.4 Å². The number of carbonyl (C=O) groups excluding carboxylic acids is 2. The molecule has 7 N–H and O–H groups in total. The minimum atomic E-state index is -0.696. The fourth-order valence-corrected chi connectivity index (χ4v) is 4.02. The van der Waals surface area contributed by atoms with Gasteiger partial charge in [0.25, 0.3) is 5.91 Å². The maximum atomic E-state index is 12.7. The summed E-state index contributed by atoms with van der Waals surface area (Å²) in [4.78, 5) is 25.4. The number of amides is 3. The van der Waals surface area contributed by atoms with E-state index in [0.29, 0.717) is 17.1 Å². The number of nitrogens with two attached hydrogens (primary N) is 2. The molecule has 1 aliphatic heterocycles. The van der Waals surface area contributed by atoms with Gasteiger partial charge >= 0.3 is 6.03 Å². The lowest BCUT2D eigenvalue weighted by Crippen LogP contribution is -2.45. The van der Waals surface area contributed by atoms with Gasteiger partial charge in [-0.15, -0.1) is 11.3 Å². The van der Waals surface area contributed by atoms with E-state index in [2.05, 4.69) is 16.0 Å². The summed E-state index contributed by atoms with van der Waals surface area (Å²) in [7, 11) is 0. The largest absolute Gasteiger partial charge is 0.351 e. The first kappa shape index (κ1) is 18.4. The molecule has 1 atom stereocenters. The van der Waals surface area contributed by atoms with Crippen molar-refractivity contribution in [3.63, 3.8) is 0 Å². The highest BCUT2D eigenvalue weighted by Gasteiger charge is 2.22. The van der Waals surface area contributed by atoms with Crippen molar-refractivity contribution < 1.29 is 9.59 Å². The lowest BCUT2D eigenvalue weighted by atomic mass is 10.1. The maximum absolute atomic E-state index is 12.7. The Hall–Kier alpha value is -2.42. The number of benzene rings is 1. The van der Waals surface area contributed by atoms with E-state index in [0.717, 1.165) is 41.9 Å². The Morgan fingerprint density at radius 2 is 2.15 bits per heavy atom. The third-order valence-electron chi connectivity index (χ3n) is 4.28. The van der Waals surface area contributed by atoms with Crippen molar-refractivity contribution in [2.45, 2.75) is 25.4 Å². The van der Waals surface area contributed by atoms with E-state index in [1.165, 1.54) is 11.3 Å². The molecule has 0 saturated carbocycles. The van der Waals surface area contributed by atoms with Crippen LogP contribution in [0.25, 0.3) is 10.4 Å². The number of anilines is 1. The van der Waals surface area contributed by atoms with Crippen molar-refractivity contribution in [1.29, 1.82) is 0 Å². The summed E-state index contributed by atoms with van der Waals surface area (Å²) in [6.07, 6.45) is 1.97. The number of urea groups is 1. The lowest BCUT2D eigenvalue weighted by molar-refractivity contribution is 0.0935. The summed E-state index contributed by atoms with van der Waals surface area (Å²) < 4.78 is 0. The number of rotatable bonds is 5. The molecule has 26 heavy (non-hydrogen) atoms. The van der Waals surface area contributed by atoms with E-state index in [1.807, 2.05) is 24.3 Å². The molecule has 0 spiro atoms. The zero-order chi connectivity index (χ0) is 18.5. The smallest absolute Gasteiger partial charge is 0.316 e. The van der Waals surface area contributed by atoms with Gasteiger partial charge in [0.1, 0.15) is 4.88 Å². The monoisotopic (exact) mass is 373 g/mol. The predicted octanol–water partition coefficient (Wildman–Crippen LogP) is 1.85. The van der Waals surface area contributed by atoms with E-state index in [4.69, 9.17) is 11.5 Å². The second-order valence-corrected chi connectivity index (χ2v) is 7.32. The number of hydrogen-bond acceptors (Lipinski definition) is 5. The molecule has 2 aromatic rings. The van der Waals surface area contributed by atoms with Crippen molar-refractivity contribution in [2.24, 2.45) is 11.5 Å². The molecule has 0 aliphatic carbocycles. The number of hydrogen-bond donors (Lipinski definition) is 5. The van der Waals surface area contributed by atoms with Crippen molar-refractivity contribution in [1.82, 2.24) is 10.6 Å². The molecule has 0 radical (unpaired) electrons. The number of piperidine rings is 1. The third kappa shape index (κ3) is 4.40. The van der Waals surface area contributed by atoms with Crippen LogP contribution in [0.1, 0.15) is 28.1 Å². The van der Waals surface area contributed by atoms with E-state index >= 15 is 0 Å². The van der Waals surface area contributed by atoms with Gasteiger partial charge in [0.15, 0.2) is 0 Å². The molecule has 1 aromatic carbocycles. The van der Waals surface area contributed by atoms with Gasteiger partial charge in [0, 0.05) is 24.0 Å². The Balaban J connectivity index is 1.88. The van der Waals surface area contributed by atoms with Crippen LogP contribution in [0.2, 0.25) is 0 Å². The van der Waals surface area contributed by atoms with Gasteiger partial charge in [-0.2, -0.15) is 0 Å². The molecule has 1 aliphatic rings. The fourth-order valence-electron chi connectivity index (χ4n) is 3.01. The highest BCUT2D eigenvalue weighted by Crippen LogP contribution is 2.35. The summed E-state index contributed by atoms with van der Waals surface area (Å²) in [5.41, 5.74) is 13.4. The van der Waals surface area contributed by atoms with Crippen molar-refractivity contribution >= 4 is 29.0 Å². The molecule has 0 unspecified atom stereocenters. The molecular weight excluding hydrogens is 350 g/mol. The molecule has 3 rings (SSSR count). The van der Waals surface area contributed by atoms with Gasteiger partial charge in [0.05, 0.1) is 5.69 Å². The summed E-state index contributed by atoms with van der Waals surface area (Å²) >= 11 is 1.33. The van der Waals surface area contributed by atoms with E-state index in [-0.39, 0.29) is 11.9 Å². The number of thiophene rings is 1. The first-order chi connectivity index (χ1) is 12.6. The van der Waals surface area contributed by atoms with Crippen LogP contribution in [0.4, 0.5) is 10.5 Å². The Labute approximate surface area is 156 Å². The molecule has 1 fully saturated rings. The Bertz CT molecular complexity index is 799. The van der Waals surface area contributed by atoms with Crippen LogP contribution < -0.4 is 27.4 Å². The van der Waals surface area contributed by atoms with Gasteiger partial charge in [-0.05, 0) is 42.6 Å². The zero-order valence-electron chi connectivity index (χ0n) is 14.4. The van der Waals surface area contributed by atoms with Crippen molar-refractivity contribution in [3.8, 4) is 10.4 Å². The van der Waals surface area contributed by atoms with Gasteiger partial charge in [-0.1, -0.05) is 18.2 Å². The third-order valence-corrected chi connectivity index (χ3v) is 5.46. The van der Waals surface area contributed by atoms with Crippen LogP contribution in [0.15, 0.2) is 30.3 Å². The summed E-state index contributed by atoms with van der Waals surface area (Å²) in [6.45, 7) is 2.16. The second kappa shape index (κ2) is 8.31. The van der Waals surface area contributed by atoms with Gasteiger partial charge in [0.2, 0.25) is 0 Å². The average Bonchev–Trinajstić information content (AvgIpc) is 3.06. The number of primary amides is 1. The Kier molecular flexibility index (Phi) is 5.87. The molecule has 0 bridgehead atoms. The quantitative estimate of drug-likeness (QED) is 0.549. The topological polar surface area (TPSA) is 122 Å². The number of nitrogens with one attached hydrogen (secondary N) is 3. The standard InChI is InChI=1S/C18H23N5O2S/c19-9-11-3-1-4-12(7-11)15-8-14(23-18(20)25)16(26-15)17(24)22-13-5-2-6-21-10-13/h1,3-4,7-8,13,21H,2,5-6,9-10,19H2,(H,22,24)(H3,20,23,25)/t13-/m0/s1. The minimum Gasteiger partial charge on any atom is -0.351 e. The van der Waals surface area contributed by atoms with E-state index < -0.39 is 6.03 Å². The molecular formula is C18H23N5O2S. The normalized spacial score (nSPS) is 16.9. The summed E-state index contributed by atoms with van der Waals surface area (Å²) in [6, 6.07) is 8.97. The lowest BCUT2D eigenvalue weighted by Gasteiger charge is -2.23. The van der Waals surface area contributed by atoms with Crippen molar-refractivity contribution in [3.05, 3.63) is 40.8 Å². The van der Waals surface area contributed by atoms with Crippen LogP contribution in [-0.4, -0.2) is 31.1 Å². The maximum Gasteiger partial charge on any atom is 0.316 e. The first-order valence-corrected chi connectivity index (χ1v) is 9.39.